The lowest BCUT2D eigenvalue weighted by atomic mass is 10.2. The zero-order chi connectivity index (χ0) is 16.4. The van der Waals surface area contributed by atoms with Crippen LogP contribution in [0.2, 0.25) is 0 Å². The van der Waals surface area contributed by atoms with Crippen molar-refractivity contribution in [2.75, 3.05) is 26.2 Å². The van der Waals surface area contributed by atoms with Gasteiger partial charge in [0.25, 0.3) is 5.91 Å². The number of nitrogens with zero attached hydrogens (tertiary/aromatic N) is 2. The van der Waals surface area contributed by atoms with Crippen molar-refractivity contribution in [1.29, 1.82) is 0 Å². The van der Waals surface area contributed by atoms with Gasteiger partial charge >= 0.3 is 6.03 Å². The van der Waals surface area contributed by atoms with Gasteiger partial charge in [-0.1, -0.05) is 12.1 Å². The molecular formula is C15H16FN3O4. The Morgan fingerprint density at radius 1 is 1.35 bits per heavy atom. The third-order valence-electron chi connectivity index (χ3n) is 3.95. The van der Waals surface area contributed by atoms with Crippen molar-refractivity contribution in [3.63, 3.8) is 0 Å². The smallest absolute Gasteiger partial charge is 0.324 e. The monoisotopic (exact) mass is 321 g/mol. The lowest BCUT2D eigenvalue weighted by molar-refractivity contribution is -0.133. The number of amides is 4. The lowest BCUT2D eigenvalue weighted by Gasteiger charge is -2.21. The minimum atomic E-state index is -0.529. The van der Waals surface area contributed by atoms with Crippen LogP contribution in [0.1, 0.15) is 6.42 Å². The first-order chi connectivity index (χ1) is 11.1. The fourth-order valence-corrected chi connectivity index (χ4v) is 2.78. The normalized spacial score (nSPS) is 20.8. The summed E-state index contributed by atoms with van der Waals surface area (Å²) in [7, 11) is 0. The summed E-state index contributed by atoms with van der Waals surface area (Å²) >= 11 is 0. The fraction of sp³-hybridized carbons (Fsp3) is 0.400. The number of likely N-dealkylation sites (tertiary alicyclic amines) is 1. The molecule has 0 radical (unpaired) electrons. The average Bonchev–Trinajstić information content (AvgIpc) is 3.13. The SMILES string of the molecule is O=C(COc1ccccc1F)N1CCC(N2C(=O)CNC2=O)C1. The molecule has 2 aliphatic heterocycles. The second-order valence-electron chi connectivity index (χ2n) is 5.42. The Morgan fingerprint density at radius 2 is 2.13 bits per heavy atom. The van der Waals surface area contributed by atoms with E-state index in [0.29, 0.717) is 13.0 Å². The number of urea groups is 1. The third-order valence-corrected chi connectivity index (χ3v) is 3.95. The number of hydrogen-bond acceptors (Lipinski definition) is 4. The molecule has 1 atom stereocenters. The number of carbonyl (C=O) groups excluding carboxylic acids is 3. The number of halogens is 1. The van der Waals surface area contributed by atoms with Crippen molar-refractivity contribution < 1.29 is 23.5 Å². The van der Waals surface area contributed by atoms with Crippen LogP contribution in [0.3, 0.4) is 0 Å². The number of benzene rings is 1. The van der Waals surface area contributed by atoms with Gasteiger partial charge in [0.15, 0.2) is 18.2 Å². The van der Waals surface area contributed by atoms with Crippen LogP contribution < -0.4 is 10.1 Å². The molecule has 0 aliphatic carbocycles. The van der Waals surface area contributed by atoms with Gasteiger partial charge in [-0.3, -0.25) is 14.5 Å². The van der Waals surface area contributed by atoms with E-state index in [0.717, 1.165) is 0 Å². The molecule has 0 bridgehead atoms. The van der Waals surface area contributed by atoms with Crippen molar-refractivity contribution in [2.45, 2.75) is 12.5 Å². The van der Waals surface area contributed by atoms with Crippen LogP contribution in [0.5, 0.6) is 5.75 Å². The van der Waals surface area contributed by atoms with E-state index in [1.165, 1.54) is 28.0 Å². The molecule has 0 spiro atoms. The van der Waals surface area contributed by atoms with Gasteiger partial charge in [-0.05, 0) is 18.6 Å². The molecule has 1 aromatic carbocycles. The fourth-order valence-electron chi connectivity index (χ4n) is 2.78. The van der Waals surface area contributed by atoms with Gasteiger partial charge < -0.3 is 15.0 Å². The first-order valence-corrected chi connectivity index (χ1v) is 7.31. The molecule has 4 amide bonds. The highest BCUT2D eigenvalue weighted by Crippen LogP contribution is 2.19. The molecule has 3 rings (SSSR count). The molecule has 0 aromatic heterocycles. The molecule has 1 aromatic rings. The topological polar surface area (TPSA) is 79.0 Å². The molecule has 1 unspecified atom stereocenters. The third kappa shape index (κ3) is 3.10. The Bertz CT molecular complexity index is 635. The molecule has 2 heterocycles. The number of imide groups is 1. The van der Waals surface area contributed by atoms with E-state index in [1.807, 2.05) is 0 Å². The Labute approximate surface area is 132 Å². The molecule has 7 nitrogen and oxygen atoms in total. The predicted octanol–water partition coefficient (Wildman–Crippen LogP) is 0.357. The summed E-state index contributed by atoms with van der Waals surface area (Å²) in [5.41, 5.74) is 0. The van der Waals surface area contributed by atoms with E-state index in [2.05, 4.69) is 5.32 Å². The number of ether oxygens (including phenoxy) is 1. The largest absolute Gasteiger partial charge is 0.481 e. The van der Waals surface area contributed by atoms with E-state index < -0.39 is 11.8 Å². The van der Waals surface area contributed by atoms with Crippen LogP contribution in [0, 0.1) is 5.82 Å². The maximum atomic E-state index is 13.4. The lowest BCUT2D eigenvalue weighted by Crippen LogP contribution is -2.43. The zero-order valence-electron chi connectivity index (χ0n) is 12.3. The summed E-state index contributed by atoms with van der Waals surface area (Å²) in [6, 6.07) is 5.12. The zero-order valence-corrected chi connectivity index (χ0v) is 12.3. The minimum Gasteiger partial charge on any atom is -0.481 e. The van der Waals surface area contributed by atoms with Crippen LogP contribution in [0.25, 0.3) is 0 Å². The molecule has 23 heavy (non-hydrogen) atoms. The van der Waals surface area contributed by atoms with Crippen LogP contribution in [0.15, 0.2) is 24.3 Å². The number of para-hydroxylation sites is 1. The van der Waals surface area contributed by atoms with Gasteiger partial charge in [0, 0.05) is 13.1 Å². The summed E-state index contributed by atoms with van der Waals surface area (Å²) in [6.45, 7) is 0.424. The van der Waals surface area contributed by atoms with Gasteiger partial charge in [0.1, 0.15) is 0 Å². The molecule has 2 saturated heterocycles. The van der Waals surface area contributed by atoms with E-state index in [4.69, 9.17) is 4.74 Å². The molecular weight excluding hydrogens is 305 g/mol. The van der Waals surface area contributed by atoms with Crippen LogP contribution in [-0.4, -0.2) is 59.9 Å². The summed E-state index contributed by atoms with van der Waals surface area (Å²) in [6.07, 6.45) is 0.532. The predicted molar refractivity (Wildman–Crippen MR) is 77.1 cm³/mol. The van der Waals surface area contributed by atoms with Crippen molar-refractivity contribution in [1.82, 2.24) is 15.1 Å². The minimum absolute atomic E-state index is 0.000323. The second kappa shape index (κ2) is 6.23. The molecule has 0 saturated carbocycles. The highest BCUT2D eigenvalue weighted by molar-refractivity contribution is 6.02. The average molecular weight is 321 g/mol. The van der Waals surface area contributed by atoms with E-state index in [9.17, 15) is 18.8 Å². The van der Waals surface area contributed by atoms with Gasteiger partial charge in [-0.15, -0.1) is 0 Å². The van der Waals surface area contributed by atoms with Gasteiger partial charge in [-0.2, -0.15) is 0 Å². The first kappa shape index (κ1) is 15.3. The van der Waals surface area contributed by atoms with Crippen molar-refractivity contribution in [2.24, 2.45) is 0 Å². The highest BCUT2D eigenvalue weighted by atomic mass is 19.1. The van der Waals surface area contributed by atoms with Gasteiger partial charge in [0.2, 0.25) is 5.91 Å². The van der Waals surface area contributed by atoms with Crippen LogP contribution in [-0.2, 0) is 9.59 Å². The van der Waals surface area contributed by atoms with Crippen molar-refractivity contribution in [3.8, 4) is 5.75 Å². The Balaban J connectivity index is 1.54. The van der Waals surface area contributed by atoms with E-state index in [1.54, 1.807) is 6.07 Å². The molecule has 1 N–H and O–H groups in total. The van der Waals surface area contributed by atoms with E-state index in [-0.39, 0.29) is 43.3 Å². The Kier molecular flexibility index (Phi) is 4.14. The van der Waals surface area contributed by atoms with Crippen molar-refractivity contribution >= 4 is 17.8 Å². The molecule has 122 valence electrons. The number of carbonyl (C=O) groups is 3. The number of nitrogens with one attached hydrogen (secondary N) is 1. The highest BCUT2D eigenvalue weighted by Gasteiger charge is 2.39. The number of hydrogen-bond donors (Lipinski definition) is 1. The maximum absolute atomic E-state index is 13.4. The molecule has 2 fully saturated rings. The maximum Gasteiger partial charge on any atom is 0.324 e. The first-order valence-electron chi connectivity index (χ1n) is 7.31. The Morgan fingerprint density at radius 3 is 2.83 bits per heavy atom. The van der Waals surface area contributed by atoms with Crippen LogP contribution in [0.4, 0.5) is 9.18 Å². The van der Waals surface area contributed by atoms with Gasteiger partial charge in [0.05, 0.1) is 12.6 Å². The molecule has 2 aliphatic rings. The standard InChI is InChI=1S/C15H16FN3O4/c16-11-3-1-2-4-12(11)23-9-14(21)18-6-5-10(8-18)19-13(20)7-17-15(19)22/h1-4,10H,5-9H2,(H,17,22). The number of rotatable bonds is 4. The summed E-state index contributed by atoms with van der Waals surface area (Å²) in [4.78, 5) is 38.1. The second-order valence-corrected chi connectivity index (χ2v) is 5.42. The summed E-state index contributed by atoms with van der Waals surface area (Å²) in [5.74, 6) is -1.09. The quantitative estimate of drug-likeness (QED) is 0.812. The van der Waals surface area contributed by atoms with Gasteiger partial charge in [-0.25, -0.2) is 9.18 Å². The Hall–Kier alpha value is -2.64. The van der Waals surface area contributed by atoms with Crippen molar-refractivity contribution in [3.05, 3.63) is 30.1 Å². The summed E-state index contributed by atoms with van der Waals surface area (Å²) < 4.78 is 18.6. The summed E-state index contributed by atoms with van der Waals surface area (Å²) in [5, 5.41) is 2.46. The van der Waals surface area contributed by atoms with Crippen LogP contribution >= 0.6 is 0 Å². The molecule has 8 heteroatoms. The van der Waals surface area contributed by atoms with E-state index >= 15 is 0 Å².